The lowest BCUT2D eigenvalue weighted by Gasteiger charge is -2.10. The first-order chi connectivity index (χ1) is 8.17. The molecule has 0 aliphatic rings. The van der Waals surface area contributed by atoms with Crippen LogP contribution in [0.25, 0.3) is 10.4 Å². The third-order valence-electron chi connectivity index (χ3n) is 2.32. The topological polar surface area (TPSA) is 42.4 Å². The van der Waals surface area contributed by atoms with E-state index in [4.69, 9.17) is 27.9 Å². The molecule has 0 bridgehead atoms. The van der Waals surface area contributed by atoms with E-state index in [1.807, 2.05) is 0 Å². The Hall–Kier alpha value is -0.810. The monoisotopic (exact) mass is 289 g/mol. The Morgan fingerprint density at radius 2 is 2.18 bits per heavy atom. The van der Waals surface area contributed by atoms with Crippen molar-refractivity contribution in [2.45, 2.75) is 6.61 Å². The van der Waals surface area contributed by atoms with Crippen molar-refractivity contribution in [3.8, 4) is 16.2 Å². The molecule has 0 unspecified atom stereocenters. The minimum atomic E-state index is -0.118. The predicted molar refractivity (Wildman–Crippen MR) is 70.0 cm³/mol. The van der Waals surface area contributed by atoms with E-state index in [1.165, 1.54) is 18.4 Å². The second-order valence-corrected chi connectivity index (χ2v) is 4.89. The number of ether oxygens (including phenoxy) is 1. The van der Waals surface area contributed by atoms with Crippen molar-refractivity contribution in [2.24, 2.45) is 0 Å². The van der Waals surface area contributed by atoms with Crippen molar-refractivity contribution >= 4 is 34.5 Å². The van der Waals surface area contributed by atoms with Gasteiger partial charge in [-0.2, -0.15) is 0 Å². The van der Waals surface area contributed by atoms with E-state index in [0.717, 1.165) is 10.4 Å². The van der Waals surface area contributed by atoms with Crippen LogP contribution in [0.3, 0.4) is 0 Å². The summed E-state index contributed by atoms with van der Waals surface area (Å²) in [6.45, 7) is -0.118. The number of aliphatic hydroxyl groups is 1. The first-order valence-electron chi connectivity index (χ1n) is 4.74. The van der Waals surface area contributed by atoms with Crippen LogP contribution in [0.2, 0.25) is 10.2 Å². The largest absolute Gasteiger partial charge is 0.495 e. The summed E-state index contributed by atoms with van der Waals surface area (Å²) in [5.41, 5.74) is 3.14. The summed E-state index contributed by atoms with van der Waals surface area (Å²) in [4.78, 5) is 4.77. The average Bonchev–Trinajstić information content (AvgIpc) is 2.75. The van der Waals surface area contributed by atoms with Gasteiger partial charge in [-0.25, -0.2) is 4.98 Å². The zero-order chi connectivity index (χ0) is 12.4. The summed E-state index contributed by atoms with van der Waals surface area (Å²) in [5.74, 6) is 0.545. The molecule has 3 nitrogen and oxygen atoms in total. The van der Waals surface area contributed by atoms with Gasteiger partial charge >= 0.3 is 0 Å². The molecule has 0 atom stereocenters. The van der Waals surface area contributed by atoms with Gasteiger partial charge in [-0.1, -0.05) is 23.2 Å². The van der Waals surface area contributed by atoms with Crippen molar-refractivity contribution < 1.29 is 9.84 Å². The van der Waals surface area contributed by atoms with Crippen molar-refractivity contribution in [1.82, 2.24) is 4.98 Å². The lowest BCUT2D eigenvalue weighted by molar-refractivity contribution is 0.282. The maximum atomic E-state index is 9.34. The van der Waals surface area contributed by atoms with Crippen LogP contribution >= 0.6 is 34.5 Å². The maximum absolute atomic E-state index is 9.34. The Morgan fingerprint density at radius 3 is 2.71 bits per heavy atom. The van der Waals surface area contributed by atoms with Gasteiger partial charge in [0.15, 0.2) is 0 Å². The Balaban J connectivity index is 2.63. The third kappa shape index (κ3) is 2.40. The highest BCUT2D eigenvalue weighted by molar-refractivity contribution is 7.14. The van der Waals surface area contributed by atoms with Crippen LogP contribution in [-0.4, -0.2) is 17.2 Å². The number of aliphatic hydroxyl groups excluding tert-OH is 1. The summed E-state index contributed by atoms with van der Waals surface area (Å²) in [7, 11) is 1.54. The molecule has 90 valence electrons. The molecule has 0 saturated heterocycles. The van der Waals surface area contributed by atoms with Crippen LogP contribution in [0.1, 0.15) is 5.56 Å². The van der Waals surface area contributed by atoms with Crippen molar-refractivity contribution in [3.63, 3.8) is 0 Å². The number of methoxy groups -OCH3 is 1. The number of hydrogen-bond donors (Lipinski definition) is 1. The van der Waals surface area contributed by atoms with Gasteiger partial charge in [0.2, 0.25) is 0 Å². The molecule has 1 N–H and O–H groups in total. The summed E-state index contributed by atoms with van der Waals surface area (Å²) in [6.07, 6.45) is 0. The summed E-state index contributed by atoms with van der Waals surface area (Å²) in [5, 5.41) is 10.2. The van der Waals surface area contributed by atoms with E-state index in [1.54, 1.807) is 17.6 Å². The van der Waals surface area contributed by atoms with Gasteiger partial charge < -0.3 is 9.84 Å². The Morgan fingerprint density at radius 1 is 1.41 bits per heavy atom. The van der Waals surface area contributed by atoms with Gasteiger partial charge in [-0.3, -0.25) is 0 Å². The third-order valence-corrected chi connectivity index (χ3v) is 3.87. The zero-order valence-corrected chi connectivity index (χ0v) is 11.2. The molecule has 2 rings (SSSR count). The van der Waals surface area contributed by atoms with Crippen LogP contribution in [0.4, 0.5) is 0 Å². The zero-order valence-electron chi connectivity index (χ0n) is 8.91. The second-order valence-electron chi connectivity index (χ2n) is 3.27. The lowest BCUT2D eigenvalue weighted by Crippen LogP contribution is -1.92. The quantitative estimate of drug-likeness (QED) is 0.938. The number of nitrogens with zero attached hydrogens (tertiary/aromatic N) is 1. The van der Waals surface area contributed by atoms with Gasteiger partial charge in [-0.15, -0.1) is 11.3 Å². The molecule has 6 heteroatoms. The SMILES string of the molecule is COc1cc(-c2scnc2Cl)c(CO)cc1Cl. The van der Waals surface area contributed by atoms with Gasteiger partial charge in [-0.05, 0) is 17.7 Å². The molecular weight excluding hydrogens is 281 g/mol. The number of aromatic nitrogens is 1. The Bertz CT molecular complexity index is 542. The number of rotatable bonds is 3. The summed E-state index contributed by atoms with van der Waals surface area (Å²) < 4.78 is 5.15. The van der Waals surface area contributed by atoms with Gasteiger partial charge in [0, 0.05) is 5.56 Å². The average molecular weight is 290 g/mol. The predicted octanol–water partition coefficient (Wildman–Crippen LogP) is 3.62. The molecule has 0 spiro atoms. The van der Waals surface area contributed by atoms with E-state index < -0.39 is 0 Å². The molecule has 0 amide bonds. The van der Waals surface area contributed by atoms with Crippen LogP contribution < -0.4 is 4.74 Å². The lowest BCUT2D eigenvalue weighted by atomic mass is 10.1. The van der Waals surface area contributed by atoms with Gasteiger partial charge in [0.05, 0.1) is 29.1 Å². The fourth-order valence-electron chi connectivity index (χ4n) is 1.50. The standard InChI is InChI=1S/C11H9Cl2NO2S/c1-16-9-3-7(6(4-15)2-8(9)12)10-11(13)14-5-17-10/h2-3,5,15H,4H2,1H3. The van der Waals surface area contributed by atoms with Crippen LogP contribution in [0, 0.1) is 0 Å². The summed E-state index contributed by atoms with van der Waals surface area (Å²) in [6, 6.07) is 3.43. The fourth-order valence-corrected chi connectivity index (χ4v) is 2.84. The van der Waals surface area contributed by atoms with Gasteiger partial charge in [0.1, 0.15) is 10.9 Å². The van der Waals surface area contributed by atoms with Crippen LogP contribution in [0.5, 0.6) is 5.75 Å². The van der Waals surface area contributed by atoms with E-state index in [9.17, 15) is 5.11 Å². The highest BCUT2D eigenvalue weighted by atomic mass is 35.5. The highest BCUT2D eigenvalue weighted by Gasteiger charge is 2.14. The summed E-state index contributed by atoms with van der Waals surface area (Å²) >= 11 is 13.4. The normalized spacial score (nSPS) is 10.6. The fraction of sp³-hybridized carbons (Fsp3) is 0.182. The molecule has 0 aliphatic carbocycles. The van der Waals surface area contributed by atoms with Crippen molar-refractivity contribution in [3.05, 3.63) is 33.4 Å². The molecule has 1 aromatic carbocycles. The molecule has 2 aromatic rings. The Kier molecular flexibility index (Phi) is 3.89. The molecule has 0 fully saturated rings. The number of hydrogen-bond acceptors (Lipinski definition) is 4. The van der Waals surface area contributed by atoms with Crippen LogP contribution in [-0.2, 0) is 6.61 Å². The number of halogens is 2. The Labute approximate surface area is 113 Å². The smallest absolute Gasteiger partial charge is 0.147 e. The minimum Gasteiger partial charge on any atom is -0.495 e. The second kappa shape index (κ2) is 5.23. The van der Waals surface area contributed by atoms with E-state index in [2.05, 4.69) is 4.98 Å². The van der Waals surface area contributed by atoms with E-state index in [0.29, 0.717) is 21.5 Å². The van der Waals surface area contributed by atoms with E-state index in [-0.39, 0.29) is 6.61 Å². The maximum Gasteiger partial charge on any atom is 0.147 e. The minimum absolute atomic E-state index is 0.118. The van der Waals surface area contributed by atoms with Crippen molar-refractivity contribution in [2.75, 3.05) is 7.11 Å². The molecule has 17 heavy (non-hydrogen) atoms. The molecule has 1 aromatic heterocycles. The number of thiazole rings is 1. The van der Waals surface area contributed by atoms with Crippen molar-refractivity contribution in [1.29, 1.82) is 0 Å². The highest BCUT2D eigenvalue weighted by Crippen LogP contribution is 2.38. The first-order valence-corrected chi connectivity index (χ1v) is 6.37. The molecule has 0 saturated carbocycles. The molecular formula is C11H9Cl2NO2S. The van der Waals surface area contributed by atoms with E-state index >= 15 is 0 Å². The molecule has 1 heterocycles. The van der Waals surface area contributed by atoms with Gasteiger partial charge in [0.25, 0.3) is 0 Å². The molecule has 0 radical (unpaired) electrons. The first kappa shape index (κ1) is 12.6. The molecule has 0 aliphatic heterocycles. The van der Waals surface area contributed by atoms with Crippen LogP contribution in [0.15, 0.2) is 17.6 Å². The number of benzene rings is 1.